The van der Waals surface area contributed by atoms with Gasteiger partial charge in [-0.3, -0.25) is 0 Å². The first-order valence-electron chi connectivity index (χ1n) is 9.32. The van der Waals surface area contributed by atoms with E-state index in [1.54, 1.807) is 11.8 Å². The summed E-state index contributed by atoms with van der Waals surface area (Å²) < 4.78 is 0. The predicted octanol–water partition coefficient (Wildman–Crippen LogP) is 7.62. The maximum Gasteiger partial charge on any atom is 0.110 e. The van der Waals surface area contributed by atoms with E-state index in [4.69, 9.17) is 5.73 Å². The van der Waals surface area contributed by atoms with Crippen LogP contribution >= 0.6 is 11.8 Å². The normalized spacial score (nSPS) is 12.6. The molecule has 0 bridgehead atoms. The number of azo groups is 1. The Labute approximate surface area is 173 Å². The molecular weight excluding hydrogens is 376 g/mol. The molecule has 0 unspecified atom stereocenters. The summed E-state index contributed by atoms with van der Waals surface area (Å²) >= 11 is 1.79. The van der Waals surface area contributed by atoms with Crippen molar-refractivity contribution in [3.8, 4) is 0 Å². The van der Waals surface area contributed by atoms with Gasteiger partial charge in [0.05, 0.1) is 22.7 Å². The summed E-state index contributed by atoms with van der Waals surface area (Å²) in [7, 11) is 0. The molecule has 140 valence electrons. The molecule has 0 saturated heterocycles. The van der Waals surface area contributed by atoms with E-state index >= 15 is 0 Å². The first-order valence-corrected chi connectivity index (χ1v) is 10.1. The number of benzene rings is 4. The molecule has 4 aromatic carbocycles. The summed E-state index contributed by atoms with van der Waals surface area (Å²) in [4.78, 5) is 4.68. The molecule has 5 heteroatoms. The summed E-state index contributed by atoms with van der Waals surface area (Å²) in [6.45, 7) is 0. The fourth-order valence-corrected chi connectivity index (χ4v) is 4.45. The van der Waals surface area contributed by atoms with E-state index in [0.29, 0.717) is 11.4 Å². The highest BCUT2D eigenvalue weighted by atomic mass is 32.2. The number of hydrogen-bond acceptors (Lipinski definition) is 5. The Morgan fingerprint density at radius 2 is 1.03 bits per heavy atom. The minimum atomic E-state index is 0.610. The first-order chi connectivity index (χ1) is 14.3. The maximum atomic E-state index is 6.03. The lowest BCUT2D eigenvalue weighted by atomic mass is 10.1. The third kappa shape index (κ3) is 3.26. The molecule has 0 saturated carbocycles. The van der Waals surface area contributed by atoms with Crippen LogP contribution in [0.1, 0.15) is 0 Å². The van der Waals surface area contributed by atoms with E-state index in [9.17, 15) is 0 Å². The quantitative estimate of drug-likeness (QED) is 0.253. The highest BCUT2D eigenvalue weighted by molar-refractivity contribution is 7.99. The van der Waals surface area contributed by atoms with Crippen LogP contribution in [0, 0.1) is 0 Å². The summed E-state index contributed by atoms with van der Waals surface area (Å²) in [5.74, 6) is 0. The van der Waals surface area contributed by atoms with Crippen molar-refractivity contribution in [3.63, 3.8) is 0 Å². The summed E-state index contributed by atoms with van der Waals surface area (Å²) in [5.41, 5.74) is 11.3. The van der Waals surface area contributed by atoms with Crippen molar-refractivity contribution in [3.05, 3.63) is 97.1 Å². The van der Waals surface area contributed by atoms with Gasteiger partial charge in [0.2, 0.25) is 0 Å². The lowest BCUT2D eigenvalue weighted by Gasteiger charge is -2.33. The van der Waals surface area contributed by atoms with E-state index in [1.165, 1.54) is 9.79 Å². The number of fused-ring (bicyclic) bond motifs is 2. The number of nitrogen functional groups attached to an aromatic ring is 1. The first kappa shape index (κ1) is 17.5. The van der Waals surface area contributed by atoms with Crippen molar-refractivity contribution in [1.82, 2.24) is 0 Å². The van der Waals surface area contributed by atoms with Gasteiger partial charge in [0.25, 0.3) is 0 Å². The van der Waals surface area contributed by atoms with Crippen LogP contribution < -0.4 is 10.6 Å². The van der Waals surface area contributed by atoms with Crippen LogP contribution in [-0.2, 0) is 0 Å². The van der Waals surface area contributed by atoms with E-state index in [-0.39, 0.29) is 0 Å². The van der Waals surface area contributed by atoms with Gasteiger partial charge in [0.15, 0.2) is 0 Å². The largest absolute Gasteiger partial charge is 0.397 e. The second kappa shape index (κ2) is 7.45. The lowest BCUT2D eigenvalue weighted by Crippen LogP contribution is -2.14. The third-order valence-electron chi connectivity index (χ3n) is 4.76. The Morgan fingerprint density at radius 1 is 0.552 bits per heavy atom. The van der Waals surface area contributed by atoms with Gasteiger partial charge >= 0.3 is 0 Å². The van der Waals surface area contributed by atoms with Crippen LogP contribution in [0.25, 0.3) is 0 Å². The van der Waals surface area contributed by atoms with Crippen molar-refractivity contribution < 1.29 is 0 Å². The fourth-order valence-electron chi connectivity index (χ4n) is 3.39. The zero-order valence-corrected chi connectivity index (χ0v) is 16.4. The summed E-state index contributed by atoms with van der Waals surface area (Å²) in [6.07, 6.45) is 0. The van der Waals surface area contributed by atoms with Crippen molar-refractivity contribution in [1.29, 1.82) is 0 Å². The topological polar surface area (TPSA) is 54.0 Å². The van der Waals surface area contributed by atoms with Crippen LogP contribution in [0.15, 0.2) is 117 Å². The number of hydrogen-bond donors (Lipinski definition) is 1. The van der Waals surface area contributed by atoms with Crippen LogP contribution in [-0.4, -0.2) is 0 Å². The Kier molecular flexibility index (Phi) is 4.50. The smallest absolute Gasteiger partial charge is 0.110 e. The number of nitrogens with zero attached hydrogens (tertiary/aromatic N) is 3. The molecular formula is C24H18N4S. The van der Waals surface area contributed by atoms with Crippen LogP contribution in [0.5, 0.6) is 0 Å². The molecule has 4 nitrogen and oxygen atoms in total. The van der Waals surface area contributed by atoms with E-state index in [0.717, 1.165) is 22.7 Å². The molecule has 0 amide bonds. The summed E-state index contributed by atoms with van der Waals surface area (Å²) in [6, 6.07) is 32.4. The molecule has 1 aliphatic heterocycles. The molecule has 4 aromatic rings. The molecule has 2 N–H and O–H groups in total. The van der Waals surface area contributed by atoms with Gasteiger partial charge in [-0.05, 0) is 48.5 Å². The SMILES string of the molecule is Nc1ccccc1N=Nc1ccccc1N1c2ccccc2Sc2ccccc21. The second-order valence-corrected chi connectivity index (χ2v) is 7.70. The standard InChI is InChI=1S/C24H18N4S/c25-17-9-1-2-10-18(17)26-27-19-11-3-4-12-20(19)28-21-13-5-7-15-23(21)29-24-16-8-6-14-22(24)28/h1-16H,25H2. The molecule has 0 radical (unpaired) electrons. The van der Waals surface area contributed by atoms with E-state index in [2.05, 4.69) is 69.7 Å². The second-order valence-electron chi connectivity index (χ2n) is 6.62. The van der Waals surface area contributed by atoms with Gasteiger partial charge in [0.1, 0.15) is 11.4 Å². The zero-order valence-electron chi connectivity index (χ0n) is 15.6. The number of anilines is 4. The van der Waals surface area contributed by atoms with Gasteiger partial charge in [-0.25, -0.2) is 0 Å². The average Bonchev–Trinajstić information content (AvgIpc) is 2.77. The van der Waals surface area contributed by atoms with Crippen molar-refractivity contribution in [2.24, 2.45) is 10.2 Å². The number of rotatable bonds is 3. The predicted molar refractivity (Wildman–Crippen MR) is 120 cm³/mol. The van der Waals surface area contributed by atoms with E-state index in [1.807, 2.05) is 42.5 Å². The van der Waals surface area contributed by atoms with Gasteiger partial charge in [-0.15, -0.1) is 10.2 Å². The van der Waals surface area contributed by atoms with Gasteiger partial charge in [-0.1, -0.05) is 60.3 Å². The maximum absolute atomic E-state index is 6.03. The Hall–Kier alpha value is -3.57. The summed E-state index contributed by atoms with van der Waals surface area (Å²) in [5, 5.41) is 8.97. The van der Waals surface area contributed by atoms with Crippen LogP contribution in [0.4, 0.5) is 34.1 Å². The highest BCUT2D eigenvalue weighted by Crippen LogP contribution is 2.52. The molecule has 1 aliphatic rings. The molecule has 29 heavy (non-hydrogen) atoms. The molecule has 0 fully saturated rings. The van der Waals surface area contributed by atoms with Crippen LogP contribution in [0.3, 0.4) is 0 Å². The number of nitrogens with two attached hydrogens (primary N) is 1. The Morgan fingerprint density at radius 3 is 1.69 bits per heavy atom. The van der Waals surface area contributed by atoms with Gasteiger partial charge in [-0.2, -0.15) is 0 Å². The zero-order chi connectivity index (χ0) is 19.6. The van der Waals surface area contributed by atoms with Crippen molar-refractivity contribution in [2.45, 2.75) is 9.79 Å². The molecule has 0 aromatic heterocycles. The highest BCUT2D eigenvalue weighted by Gasteiger charge is 2.25. The van der Waals surface area contributed by atoms with Gasteiger partial charge < -0.3 is 10.6 Å². The molecule has 0 spiro atoms. The van der Waals surface area contributed by atoms with Gasteiger partial charge in [0, 0.05) is 9.79 Å². The minimum absolute atomic E-state index is 0.610. The van der Waals surface area contributed by atoms with Crippen molar-refractivity contribution in [2.75, 3.05) is 10.6 Å². The number of para-hydroxylation sites is 4. The van der Waals surface area contributed by atoms with Crippen LogP contribution in [0.2, 0.25) is 0 Å². The lowest BCUT2D eigenvalue weighted by molar-refractivity contribution is 1.15. The molecule has 0 atom stereocenters. The molecule has 5 rings (SSSR count). The fraction of sp³-hybridized carbons (Fsp3) is 0. The minimum Gasteiger partial charge on any atom is -0.397 e. The molecule has 1 heterocycles. The van der Waals surface area contributed by atoms with E-state index < -0.39 is 0 Å². The Balaban J connectivity index is 1.65. The monoisotopic (exact) mass is 394 g/mol. The van der Waals surface area contributed by atoms with Crippen molar-refractivity contribution >= 4 is 45.9 Å². The average molecular weight is 395 g/mol. The molecule has 0 aliphatic carbocycles. The third-order valence-corrected chi connectivity index (χ3v) is 5.89. The Bertz CT molecular complexity index is 1170.